The second-order valence-electron chi connectivity index (χ2n) is 6.37. The maximum absolute atomic E-state index is 11.6. The van der Waals surface area contributed by atoms with Crippen molar-refractivity contribution in [2.45, 2.75) is 25.3 Å². The summed E-state index contributed by atoms with van der Waals surface area (Å²) in [7, 11) is 0. The molecule has 1 fully saturated rings. The van der Waals surface area contributed by atoms with E-state index in [2.05, 4.69) is 22.3 Å². The molecule has 5 nitrogen and oxygen atoms in total. The number of carbonyl (C=O) groups excluding carboxylic acids is 1. The van der Waals surface area contributed by atoms with Gasteiger partial charge in [-0.1, -0.05) is 36.4 Å². The van der Waals surface area contributed by atoms with Crippen LogP contribution in [-0.4, -0.2) is 35.5 Å². The van der Waals surface area contributed by atoms with Crippen LogP contribution in [0.15, 0.2) is 48.5 Å². The molecule has 1 aliphatic rings. The monoisotopic (exact) mass is 338 g/mol. The average molecular weight is 338 g/mol. The Morgan fingerprint density at radius 3 is 2.48 bits per heavy atom. The normalized spacial score (nSPS) is 15.7. The molecule has 5 heteroatoms. The molecule has 0 aliphatic carbocycles. The fraction of sp³-hybridized carbons (Fsp3) is 0.300. The van der Waals surface area contributed by atoms with Gasteiger partial charge < -0.3 is 10.4 Å². The molecule has 3 rings (SSSR count). The zero-order valence-corrected chi connectivity index (χ0v) is 14.0. The van der Waals surface area contributed by atoms with Gasteiger partial charge in [-0.3, -0.25) is 9.69 Å². The van der Waals surface area contributed by atoms with Crippen molar-refractivity contribution in [2.75, 3.05) is 18.4 Å². The molecule has 2 aromatic carbocycles. The van der Waals surface area contributed by atoms with Crippen molar-refractivity contribution in [3.05, 3.63) is 65.2 Å². The number of anilines is 1. The molecule has 0 radical (unpaired) electrons. The maximum Gasteiger partial charge on any atom is 0.336 e. The maximum atomic E-state index is 11.6. The third-order valence-corrected chi connectivity index (χ3v) is 4.80. The molecular weight excluding hydrogens is 316 g/mol. The van der Waals surface area contributed by atoms with Crippen LogP contribution in [0.4, 0.5) is 5.69 Å². The number of rotatable bonds is 6. The van der Waals surface area contributed by atoms with Crippen molar-refractivity contribution in [3.63, 3.8) is 0 Å². The van der Waals surface area contributed by atoms with E-state index < -0.39 is 5.97 Å². The van der Waals surface area contributed by atoms with Crippen molar-refractivity contribution in [3.8, 4) is 0 Å². The molecule has 0 saturated carbocycles. The smallest absolute Gasteiger partial charge is 0.336 e. The molecule has 25 heavy (non-hydrogen) atoms. The predicted molar refractivity (Wildman–Crippen MR) is 96.8 cm³/mol. The molecule has 130 valence electrons. The van der Waals surface area contributed by atoms with Crippen LogP contribution < -0.4 is 5.32 Å². The Hall–Kier alpha value is -2.66. The van der Waals surface area contributed by atoms with E-state index in [1.54, 1.807) is 18.2 Å². The molecule has 1 amide bonds. The van der Waals surface area contributed by atoms with E-state index in [1.807, 2.05) is 18.2 Å². The zero-order chi connectivity index (χ0) is 17.6. The number of carboxylic acids is 1. The lowest BCUT2D eigenvalue weighted by molar-refractivity contribution is -0.105. The Morgan fingerprint density at radius 1 is 1.12 bits per heavy atom. The molecule has 0 unspecified atom stereocenters. The van der Waals surface area contributed by atoms with Crippen LogP contribution in [0, 0.1) is 0 Å². The van der Waals surface area contributed by atoms with Crippen LogP contribution in [0.3, 0.4) is 0 Å². The highest BCUT2D eigenvalue weighted by atomic mass is 16.4. The van der Waals surface area contributed by atoms with Gasteiger partial charge in [0.15, 0.2) is 0 Å². The second kappa shape index (κ2) is 7.94. The summed E-state index contributed by atoms with van der Waals surface area (Å²) in [6, 6.07) is 15.4. The summed E-state index contributed by atoms with van der Waals surface area (Å²) in [5.74, 6) is -0.807. The number of hydrogen-bond donors (Lipinski definition) is 2. The van der Waals surface area contributed by atoms with Gasteiger partial charge in [0.25, 0.3) is 0 Å². The molecule has 0 atom stereocenters. The fourth-order valence-corrected chi connectivity index (χ4v) is 3.60. The first-order valence-electron chi connectivity index (χ1n) is 8.51. The molecule has 0 bridgehead atoms. The van der Waals surface area contributed by atoms with E-state index >= 15 is 0 Å². The molecule has 1 heterocycles. The van der Waals surface area contributed by atoms with Gasteiger partial charge in [-0.05, 0) is 55.1 Å². The van der Waals surface area contributed by atoms with E-state index in [1.165, 1.54) is 5.56 Å². The lowest BCUT2D eigenvalue weighted by Gasteiger charge is -2.33. The summed E-state index contributed by atoms with van der Waals surface area (Å²) >= 11 is 0. The molecule has 0 aromatic heterocycles. The lowest BCUT2D eigenvalue weighted by atomic mass is 9.85. The highest BCUT2D eigenvalue weighted by molar-refractivity contribution is 5.92. The van der Waals surface area contributed by atoms with Crippen molar-refractivity contribution in [1.29, 1.82) is 0 Å². The minimum absolute atomic E-state index is 0.141. The van der Waals surface area contributed by atoms with E-state index in [-0.39, 0.29) is 11.5 Å². The van der Waals surface area contributed by atoms with E-state index in [0.29, 0.717) is 12.1 Å². The van der Waals surface area contributed by atoms with E-state index in [4.69, 9.17) is 0 Å². The van der Waals surface area contributed by atoms with Gasteiger partial charge in [-0.15, -0.1) is 0 Å². The molecule has 1 saturated heterocycles. The number of hydrogen-bond acceptors (Lipinski definition) is 3. The Labute approximate surface area is 147 Å². The number of piperidine rings is 1. The topological polar surface area (TPSA) is 69.6 Å². The lowest BCUT2D eigenvalue weighted by Crippen LogP contribution is -2.33. The standard InChI is InChI=1S/C20H22N2O3/c23-14-21-18-8-4-7-17(20(24)25)19(18)16-9-11-22(12-10-16)13-15-5-2-1-3-6-15/h1-8,14,16H,9-13H2,(H,21,23)(H,24,25). The number of amides is 1. The van der Waals surface area contributed by atoms with Crippen molar-refractivity contribution < 1.29 is 14.7 Å². The van der Waals surface area contributed by atoms with Crippen LogP contribution >= 0.6 is 0 Å². The van der Waals surface area contributed by atoms with Crippen molar-refractivity contribution in [2.24, 2.45) is 0 Å². The number of aromatic carboxylic acids is 1. The van der Waals surface area contributed by atoms with Gasteiger partial charge >= 0.3 is 5.97 Å². The number of nitrogens with zero attached hydrogens (tertiary/aromatic N) is 1. The second-order valence-corrected chi connectivity index (χ2v) is 6.37. The number of carbonyl (C=O) groups is 2. The van der Waals surface area contributed by atoms with Crippen LogP contribution in [0.25, 0.3) is 0 Å². The first-order chi connectivity index (χ1) is 12.2. The first-order valence-corrected chi connectivity index (χ1v) is 8.51. The number of carboxylic acid groups (broad SMARTS) is 1. The molecule has 0 spiro atoms. The first kappa shape index (κ1) is 17.2. The van der Waals surface area contributed by atoms with Crippen LogP contribution in [0.2, 0.25) is 0 Å². The minimum atomic E-state index is -0.948. The summed E-state index contributed by atoms with van der Waals surface area (Å²) in [5.41, 5.74) is 2.93. The Bertz CT molecular complexity index is 738. The Kier molecular flexibility index (Phi) is 5.46. The average Bonchev–Trinajstić information content (AvgIpc) is 2.63. The summed E-state index contributed by atoms with van der Waals surface area (Å²) in [6.07, 6.45) is 2.37. The summed E-state index contributed by atoms with van der Waals surface area (Å²) in [5, 5.41) is 12.2. The quantitative estimate of drug-likeness (QED) is 0.793. The Morgan fingerprint density at radius 2 is 1.84 bits per heavy atom. The third kappa shape index (κ3) is 4.06. The molecule has 2 aromatic rings. The summed E-state index contributed by atoms with van der Waals surface area (Å²) in [6.45, 7) is 2.73. The summed E-state index contributed by atoms with van der Waals surface area (Å²) in [4.78, 5) is 24.9. The molecular formula is C20H22N2O3. The van der Waals surface area contributed by atoms with Crippen LogP contribution in [-0.2, 0) is 11.3 Å². The highest BCUT2D eigenvalue weighted by Crippen LogP contribution is 2.35. The van der Waals surface area contributed by atoms with Gasteiger partial charge in [-0.2, -0.15) is 0 Å². The number of likely N-dealkylation sites (tertiary alicyclic amines) is 1. The highest BCUT2D eigenvalue weighted by Gasteiger charge is 2.26. The Balaban J connectivity index is 1.74. The molecule has 1 aliphatic heterocycles. The molecule has 2 N–H and O–H groups in total. The van der Waals surface area contributed by atoms with E-state index in [9.17, 15) is 14.7 Å². The third-order valence-electron chi connectivity index (χ3n) is 4.80. The predicted octanol–water partition coefficient (Wildman–Crippen LogP) is 3.33. The fourth-order valence-electron chi connectivity index (χ4n) is 3.60. The van der Waals surface area contributed by atoms with Gasteiger partial charge in [0, 0.05) is 12.2 Å². The van der Waals surface area contributed by atoms with E-state index in [0.717, 1.165) is 38.0 Å². The SMILES string of the molecule is O=CNc1cccc(C(=O)O)c1C1CCN(Cc2ccccc2)CC1. The van der Waals surface area contributed by atoms with Crippen LogP contribution in [0.1, 0.15) is 40.2 Å². The minimum Gasteiger partial charge on any atom is -0.478 e. The number of nitrogens with one attached hydrogen (secondary N) is 1. The van der Waals surface area contributed by atoms with Gasteiger partial charge in [0.2, 0.25) is 6.41 Å². The van der Waals surface area contributed by atoms with Gasteiger partial charge in [0.1, 0.15) is 0 Å². The van der Waals surface area contributed by atoms with Crippen LogP contribution in [0.5, 0.6) is 0 Å². The number of benzene rings is 2. The van der Waals surface area contributed by atoms with Gasteiger partial charge in [0.05, 0.1) is 5.56 Å². The summed E-state index contributed by atoms with van der Waals surface area (Å²) < 4.78 is 0. The van der Waals surface area contributed by atoms with Crippen molar-refractivity contribution >= 4 is 18.1 Å². The largest absolute Gasteiger partial charge is 0.478 e. The zero-order valence-electron chi connectivity index (χ0n) is 14.0. The van der Waals surface area contributed by atoms with Gasteiger partial charge in [-0.25, -0.2) is 4.79 Å². The van der Waals surface area contributed by atoms with Crippen molar-refractivity contribution in [1.82, 2.24) is 4.90 Å².